The lowest BCUT2D eigenvalue weighted by Gasteiger charge is -2.07. The Balaban J connectivity index is 2.62. The van der Waals surface area contributed by atoms with Crippen LogP contribution in [0.3, 0.4) is 0 Å². The molecule has 0 radical (unpaired) electrons. The maximum atomic E-state index is 11.1. The van der Waals surface area contributed by atoms with E-state index in [2.05, 4.69) is 6.92 Å². The first-order valence-corrected chi connectivity index (χ1v) is 6.43. The van der Waals surface area contributed by atoms with Crippen LogP contribution in [0.15, 0.2) is 18.2 Å². The molecule has 0 aromatic heterocycles. The fourth-order valence-electron chi connectivity index (χ4n) is 1.58. The summed E-state index contributed by atoms with van der Waals surface area (Å²) < 4.78 is 5.52. The number of halogens is 1. The fourth-order valence-corrected chi connectivity index (χ4v) is 1.69. The zero-order chi connectivity index (χ0) is 13.4. The molecule has 0 fully saturated rings. The fraction of sp³-hybridized carbons (Fsp3) is 0.429. The minimum atomic E-state index is -0.581. The molecule has 0 amide bonds. The summed E-state index contributed by atoms with van der Waals surface area (Å²) in [4.78, 5) is 11.1. The number of nitrogens with zero attached hydrogens (tertiary/aromatic N) is 1. The van der Waals surface area contributed by atoms with Crippen LogP contribution in [0.25, 0.3) is 0 Å². The Morgan fingerprint density at radius 3 is 2.72 bits per heavy atom. The van der Waals surface area contributed by atoms with E-state index in [1.54, 1.807) is 12.1 Å². The molecule has 0 spiro atoms. The molecule has 0 aliphatic rings. The number of hydrogen-bond acceptors (Lipinski definition) is 3. The molecule has 0 N–H and O–H groups in total. The smallest absolute Gasteiger partial charge is 0.252 e. The van der Waals surface area contributed by atoms with E-state index in [9.17, 15) is 4.79 Å². The molecule has 0 atom stereocenters. The third-order valence-electron chi connectivity index (χ3n) is 2.53. The standard InChI is InChI=1S/C14H16ClNO2/c1-2-3-4-5-6-18-13-8-11(10-16)7-12(9-13)14(15)17/h7-9H,2-6H2,1H3. The maximum Gasteiger partial charge on any atom is 0.252 e. The largest absolute Gasteiger partial charge is 0.494 e. The average molecular weight is 266 g/mol. The van der Waals surface area contributed by atoms with E-state index >= 15 is 0 Å². The van der Waals surface area contributed by atoms with Crippen molar-refractivity contribution in [3.05, 3.63) is 29.3 Å². The highest BCUT2D eigenvalue weighted by Gasteiger charge is 2.07. The van der Waals surface area contributed by atoms with E-state index in [4.69, 9.17) is 21.6 Å². The molecule has 4 heteroatoms. The molecule has 1 aromatic rings. The molecular weight excluding hydrogens is 250 g/mol. The molecule has 0 bridgehead atoms. The van der Waals surface area contributed by atoms with Crippen LogP contribution in [-0.4, -0.2) is 11.8 Å². The predicted molar refractivity (Wildman–Crippen MR) is 71.0 cm³/mol. The first-order valence-electron chi connectivity index (χ1n) is 6.05. The summed E-state index contributed by atoms with van der Waals surface area (Å²) in [6, 6.07) is 6.62. The van der Waals surface area contributed by atoms with Crippen LogP contribution in [0.1, 0.15) is 48.5 Å². The van der Waals surface area contributed by atoms with Gasteiger partial charge < -0.3 is 4.74 Å². The lowest BCUT2D eigenvalue weighted by atomic mass is 10.1. The van der Waals surface area contributed by atoms with Gasteiger partial charge in [0.25, 0.3) is 5.24 Å². The molecule has 1 rings (SSSR count). The molecule has 0 saturated carbocycles. The van der Waals surface area contributed by atoms with Gasteiger partial charge in [0.2, 0.25) is 0 Å². The van der Waals surface area contributed by atoms with Gasteiger partial charge in [-0.25, -0.2) is 0 Å². The van der Waals surface area contributed by atoms with Gasteiger partial charge in [-0.3, -0.25) is 4.79 Å². The van der Waals surface area contributed by atoms with Crippen molar-refractivity contribution in [1.82, 2.24) is 0 Å². The van der Waals surface area contributed by atoms with Crippen molar-refractivity contribution in [2.45, 2.75) is 32.6 Å². The zero-order valence-corrected chi connectivity index (χ0v) is 11.2. The highest BCUT2D eigenvalue weighted by atomic mass is 35.5. The van der Waals surface area contributed by atoms with Crippen LogP contribution in [0.5, 0.6) is 5.75 Å². The summed E-state index contributed by atoms with van der Waals surface area (Å²) in [5.74, 6) is 0.523. The Hall–Kier alpha value is -1.53. The second kappa shape index (κ2) is 7.73. The second-order valence-electron chi connectivity index (χ2n) is 4.04. The first-order chi connectivity index (χ1) is 8.67. The summed E-state index contributed by atoms with van der Waals surface area (Å²) in [5.41, 5.74) is 0.671. The van der Waals surface area contributed by atoms with E-state index in [-0.39, 0.29) is 0 Å². The Morgan fingerprint density at radius 2 is 2.11 bits per heavy atom. The lowest BCUT2D eigenvalue weighted by Crippen LogP contribution is -1.99. The molecule has 0 saturated heterocycles. The Morgan fingerprint density at radius 1 is 1.33 bits per heavy atom. The number of benzene rings is 1. The molecule has 18 heavy (non-hydrogen) atoms. The second-order valence-corrected chi connectivity index (χ2v) is 4.38. The van der Waals surface area contributed by atoms with Crippen LogP contribution in [0.2, 0.25) is 0 Å². The van der Waals surface area contributed by atoms with Crippen LogP contribution in [0.4, 0.5) is 0 Å². The Bertz CT molecular complexity index is 452. The van der Waals surface area contributed by atoms with Crippen molar-refractivity contribution < 1.29 is 9.53 Å². The van der Waals surface area contributed by atoms with E-state index in [1.165, 1.54) is 18.9 Å². The third-order valence-corrected chi connectivity index (χ3v) is 2.75. The van der Waals surface area contributed by atoms with Gasteiger partial charge in [-0.15, -0.1) is 0 Å². The van der Waals surface area contributed by atoms with Gasteiger partial charge in [0, 0.05) is 5.56 Å². The highest BCUT2D eigenvalue weighted by molar-refractivity contribution is 6.67. The van der Waals surface area contributed by atoms with E-state index in [0.717, 1.165) is 12.8 Å². The van der Waals surface area contributed by atoms with Gasteiger partial charge in [0.05, 0.1) is 18.2 Å². The van der Waals surface area contributed by atoms with Crippen molar-refractivity contribution in [2.75, 3.05) is 6.61 Å². The zero-order valence-electron chi connectivity index (χ0n) is 10.4. The summed E-state index contributed by atoms with van der Waals surface area (Å²) in [6.45, 7) is 2.74. The van der Waals surface area contributed by atoms with Crippen molar-refractivity contribution in [3.63, 3.8) is 0 Å². The molecule has 3 nitrogen and oxygen atoms in total. The third kappa shape index (κ3) is 4.77. The van der Waals surface area contributed by atoms with Crippen molar-refractivity contribution in [3.8, 4) is 11.8 Å². The van der Waals surface area contributed by atoms with Gasteiger partial charge >= 0.3 is 0 Å². The number of hydrogen-bond donors (Lipinski definition) is 0. The lowest BCUT2D eigenvalue weighted by molar-refractivity contribution is 0.108. The number of carbonyl (C=O) groups excluding carboxylic acids is 1. The number of rotatable bonds is 7. The van der Waals surface area contributed by atoms with Gasteiger partial charge in [-0.05, 0) is 36.2 Å². The molecule has 96 valence electrons. The van der Waals surface area contributed by atoms with E-state index in [0.29, 0.717) is 23.5 Å². The normalized spacial score (nSPS) is 9.83. The van der Waals surface area contributed by atoms with E-state index in [1.807, 2.05) is 6.07 Å². The van der Waals surface area contributed by atoms with Gasteiger partial charge in [0.15, 0.2) is 0 Å². The van der Waals surface area contributed by atoms with Gasteiger partial charge in [-0.1, -0.05) is 26.2 Å². The summed E-state index contributed by atoms with van der Waals surface area (Å²) >= 11 is 5.40. The summed E-state index contributed by atoms with van der Waals surface area (Å²) in [7, 11) is 0. The van der Waals surface area contributed by atoms with Gasteiger partial charge in [-0.2, -0.15) is 5.26 Å². The first kappa shape index (κ1) is 14.5. The predicted octanol–water partition coefficient (Wildman–Crippen LogP) is 3.90. The van der Waals surface area contributed by atoms with Gasteiger partial charge in [0.1, 0.15) is 5.75 Å². The van der Waals surface area contributed by atoms with Crippen LogP contribution >= 0.6 is 11.6 Å². The Kier molecular flexibility index (Phi) is 6.24. The van der Waals surface area contributed by atoms with E-state index < -0.39 is 5.24 Å². The minimum Gasteiger partial charge on any atom is -0.494 e. The summed E-state index contributed by atoms with van der Waals surface area (Å²) in [5, 5.41) is 8.27. The SMILES string of the molecule is CCCCCCOc1cc(C#N)cc(C(=O)Cl)c1. The number of unbranched alkanes of at least 4 members (excludes halogenated alkanes) is 3. The molecule has 0 aliphatic heterocycles. The Labute approximate surface area is 112 Å². The number of nitriles is 1. The average Bonchev–Trinajstić information content (AvgIpc) is 2.38. The van der Waals surface area contributed by atoms with Crippen molar-refractivity contribution in [1.29, 1.82) is 5.26 Å². The van der Waals surface area contributed by atoms with Crippen LogP contribution in [-0.2, 0) is 0 Å². The van der Waals surface area contributed by atoms with Crippen LogP contribution < -0.4 is 4.74 Å². The van der Waals surface area contributed by atoms with Crippen molar-refractivity contribution >= 4 is 16.8 Å². The monoisotopic (exact) mass is 265 g/mol. The molecule has 0 unspecified atom stereocenters. The van der Waals surface area contributed by atoms with Crippen LogP contribution in [0, 0.1) is 11.3 Å². The molecule has 0 heterocycles. The number of carbonyl (C=O) groups is 1. The quantitative estimate of drug-likeness (QED) is 0.555. The minimum absolute atomic E-state index is 0.291. The number of ether oxygens (including phenoxy) is 1. The highest BCUT2D eigenvalue weighted by Crippen LogP contribution is 2.19. The maximum absolute atomic E-state index is 11.1. The molecule has 1 aromatic carbocycles. The molecule has 0 aliphatic carbocycles. The molecular formula is C14H16ClNO2. The topological polar surface area (TPSA) is 50.1 Å². The van der Waals surface area contributed by atoms with Crippen molar-refractivity contribution in [2.24, 2.45) is 0 Å². The summed E-state index contributed by atoms with van der Waals surface area (Å²) in [6.07, 6.45) is 4.45.